The van der Waals surface area contributed by atoms with E-state index in [0.717, 1.165) is 32.5 Å². The molecule has 3 heteroatoms. The van der Waals surface area contributed by atoms with Crippen molar-refractivity contribution in [3.8, 4) is 11.1 Å². The fourth-order valence-corrected chi connectivity index (χ4v) is 3.44. The summed E-state index contributed by atoms with van der Waals surface area (Å²) >= 11 is 0. The molecule has 2 rings (SSSR count). The largest absolute Gasteiger partial charge is 0.330 e. The Balaban J connectivity index is 0.000000592. The highest BCUT2D eigenvalue weighted by atomic mass is 14.9. The molecule has 1 unspecified atom stereocenters. The molecule has 0 amide bonds. The maximum absolute atomic E-state index is 6.00. The average molecular weight is 424 g/mol. The number of nitrogens with one attached hydrogen (secondary N) is 2. The third-order valence-electron chi connectivity index (χ3n) is 5.33. The molecule has 0 saturated carbocycles. The molecular weight excluding hydrogens is 378 g/mol. The van der Waals surface area contributed by atoms with Crippen molar-refractivity contribution in [1.82, 2.24) is 10.6 Å². The first-order valence-electron chi connectivity index (χ1n) is 12.0. The zero-order valence-corrected chi connectivity index (χ0v) is 20.3. The number of aryl methyl sites for hydroxylation is 1. The topological polar surface area (TPSA) is 50.1 Å². The van der Waals surface area contributed by atoms with Gasteiger partial charge in [-0.1, -0.05) is 86.5 Å². The standard InChI is InChI=1S/C21H31N3.C7H14/c1-17-5-3-6-20(15-17)18-7-9-19(10-8-18)21(16-22)11-14-24-13-4-12-23-2;1-3-5-7-6-4-2/h3,5-10,15,21,23-24H,4,11-14,16,22H2,1-2H3;5,7H,3-4,6H2,1-2H3/b;7-5+. The maximum atomic E-state index is 6.00. The first-order valence-corrected chi connectivity index (χ1v) is 12.0. The zero-order chi connectivity index (χ0) is 22.7. The lowest BCUT2D eigenvalue weighted by Gasteiger charge is -2.16. The van der Waals surface area contributed by atoms with Gasteiger partial charge in [-0.3, -0.25) is 0 Å². The number of nitrogens with two attached hydrogens (primary N) is 1. The van der Waals surface area contributed by atoms with Gasteiger partial charge >= 0.3 is 0 Å². The summed E-state index contributed by atoms with van der Waals surface area (Å²) < 4.78 is 0. The number of hydrogen-bond acceptors (Lipinski definition) is 3. The van der Waals surface area contributed by atoms with Crippen LogP contribution < -0.4 is 16.4 Å². The van der Waals surface area contributed by atoms with Crippen LogP contribution in [0, 0.1) is 6.92 Å². The minimum absolute atomic E-state index is 0.424. The molecule has 0 aliphatic heterocycles. The average Bonchev–Trinajstić information content (AvgIpc) is 2.80. The van der Waals surface area contributed by atoms with Gasteiger partial charge in [-0.2, -0.15) is 0 Å². The molecule has 0 aliphatic rings. The molecule has 0 fully saturated rings. The molecule has 0 aliphatic carbocycles. The van der Waals surface area contributed by atoms with Gasteiger partial charge in [0.05, 0.1) is 0 Å². The third-order valence-corrected chi connectivity index (χ3v) is 5.33. The van der Waals surface area contributed by atoms with E-state index in [2.05, 4.69) is 92.1 Å². The molecule has 0 bridgehead atoms. The van der Waals surface area contributed by atoms with Crippen molar-refractivity contribution in [1.29, 1.82) is 0 Å². The van der Waals surface area contributed by atoms with Crippen LogP contribution in [0.2, 0.25) is 0 Å². The summed E-state index contributed by atoms with van der Waals surface area (Å²) in [7, 11) is 1.99. The molecule has 172 valence electrons. The Morgan fingerprint density at radius 1 is 0.935 bits per heavy atom. The number of unbranched alkanes of at least 4 members (excludes halogenated alkanes) is 1. The van der Waals surface area contributed by atoms with Gasteiger partial charge in [0, 0.05) is 0 Å². The van der Waals surface area contributed by atoms with Crippen molar-refractivity contribution < 1.29 is 0 Å². The summed E-state index contributed by atoms with van der Waals surface area (Å²) in [5.74, 6) is 0.424. The van der Waals surface area contributed by atoms with E-state index in [-0.39, 0.29) is 0 Å². The number of hydrogen-bond donors (Lipinski definition) is 3. The second kappa shape index (κ2) is 17.7. The Morgan fingerprint density at radius 3 is 2.32 bits per heavy atom. The number of allylic oxidation sites excluding steroid dienone is 2. The smallest absolute Gasteiger partial charge is 0.000776 e. The summed E-state index contributed by atoms with van der Waals surface area (Å²) in [4.78, 5) is 0. The van der Waals surface area contributed by atoms with Crippen molar-refractivity contribution >= 4 is 0 Å². The molecule has 0 saturated heterocycles. The van der Waals surface area contributed by atoms with Crippen LogP contribution in [-0.2, 0) is 0 Å². The Bertz CT molecular complexity index is 706. The molecule has 0 heterocycles. The minimum Gasteiger partial charge on any atom is -0.330 e. The Kier molecular flexibility index (Phi) is 15.5. The number of benzene rings is 2. The van der Waals surface area contributed by atoms with E-state index in [4.69, 9.17) is 5.73 Å². The van der Waals surface area contributed by atoms with Crippen molar-refractivity contribution in [2.75, 3.05) is 33.2 Å². The second-order valence-electron chi connectivity index (χ2n) is 8.09. The Hall–Kier alpha value is -1.94. The highest BCUT2D eigenvalue weighted by Gasteiger charge is 2.09. The lowest BCUT2D eigenvalue weighted by Crippen LogP contribution is -2.24. The monoisotopic (exact) mass is 423 g/mol. The summed E-state index contributed by atoms with van der Waals surface area (Å²) in [5, 5.41) is 6.67. The normalized spacial score (nSPS) is 11.9. The molecule has 4 N–H and O–H groups in total. The van der Waals surface area contributed by atoms with Crippen molar-refractivity contribution in [2.45, 2.75) is 58.8 Å². The SMILES string of the molecule is CC/C=C/CCC.CNCCCNCCC(CN)c1ccc(-c2cccc(C)c2)cc1. The van der Waals surface area contributed by atoms with Crippen LogP contribution in [0.5, 0.6) is 0 Å². The van der Waals surface area contributed by atoms with Crippen LogP contribution in [0.3, 0.4) is 0 Å². The van der Waals surface area contributed by atoms with Gasteiger partial charge in [0.1, 0.15) is 0 Å². The quantitative estimate of drug-likeness (QED) is 0.272. The zero-order valence-electron chi connectivity index (χ0n) is 20.3. The summed E-state index contributed by atoms with van der Waals surface area (Å²) in [6.45, 7) is 10.3. The van der Waals surface area contributed by atoms with Crippen molar-refractivity contribution in [3.05, 3.63) is 71.8 Å². The van der Waals surface area contributed by atoms with Gasteiger partial charge in [0.25, 0.3) is 0 Å². The maximum Gasteiger partial charge on any atom is -0.000776 e. The van der Waals surface area contributed by atoms with E-state index in [1.54, 1.807) is 0 Å². The minimum atomic E-state index is 0.424. The van der Waals surface area contributed by atoms with Crippen LogP contribution in [0.1, 0.15) is 63.0 Å². The fourth-order valence-electron chi connectivity index (χ4n) is 3.44. The molecule has 3 nitrogen and oxygen atoms in total. The summed E-state index contributed by atoms with van der Waals surface area (Å²) in [6.07, 6.45) is 10.4. The van der Waals surface area contributed by atoms with E-state index in [1.807, 2.05) is 7.05 Å². The van der Waals surface area contributed by atoms with Gasteiger partial charge in [0.15, 0.2) is 0 Å². The van der Waals surface area contributed by atoms with Gasteiger partial charge in [-0.25, -0.2) is 0 Å². The third kappa shape index (κ3) is 11.9. The van der Waals surface area contributed by atoms with Gasteiger partial charge < -0.3 is 16.4 Å². The van der Waals surface area contributed by atoms with E-state index < -0.39 is 0 Å². The fraction of sp³-hybridized carbons (Fsp3) is 0.500. The molecule has 0 radical (unpaired) electrons. The number of rotatable bonds is 13. The first kappa shape index (κ1) is 27.1. The second-order valence-corrected chi connectivity index (χ2v) is 8.09. The predicted molar refractivity (Wildman–Crippen MR) is 139 cm³/mol. The molecule has 31 heavy (non-hydrogen) atoms. The molecule has 0 aromatic heterocycles. The van der Waals surface area contributed by atoms with Crippen LogP contribution in [0.25, 0.3) is 11.1 Å². The molecular formula is C28H45N3. The molecule has 2 aromatic rings. The highest BCUT2D eigenvalue weighted by molar-refractivity contribution is 5.64. The Labute approximate surface area is 191 Å². The van der Waals surface area contributed by atoms with E-state index in [0.29, 0.717) is 12.5 Å². The molecule has 2 aromatic carbocycles. The van der Waals surface area contributed by atoms with Gasteiger partial charge in [0.2, 0.25) is 0 Å². The molecule has 1 atom stereocenters. The predicted octanol–water partition coefficient (Wildman–Crippen LogP) is 6.05. The van der Waals surface area contributed by atoms with Crippen molar-refractivity contribution in [3.63, 3.8) is 0 Å². The van der Waals surface area contributed by atoms with Crippen molar-refractivity contribution in [2.24, 2.45) is 5.73 Å². The van der Waals surface area contributed by atoms with E-state index >= 15 is 0 Å². The summed E-state index contributed by atoms with van der Waals surface area (Å²) in [5.41, 5.74) is 11.2. The summed E-state index contributed by atoms with van der Waals surface area (Å²) in [6, 6.07) is 17.5. The van der Waals surface area contributed by atoms with E-state index in [1.165, 1.54) is 41.5 Å². The first-order chi connectivity index (χ1) is 15.2. The Morgan fingerprint density at radius 2 is 1.71 bits per heavy atom. The van der Waals surface area contributed by atoms with Crippen LogP contribution >= 0.6 is 0 Å². The highest BCUT2D eigenvalue weighted by Crippen LogP contribution is 2.24. The van der Waals surface area contributed by atoms with Gasteiger partial charge in [-0.15, -0.1) is 0 Å². The van der Waals surface area contributed by atoms with Crippen LogP contribution in [-0.4, -0.2) is 33.2 Å². The lowest BCUT2D eigenvalue weighted by atomic mass is 9.93. The molecule has 0 spiro atoms. The van der Waals surface area contributed by atoms with E-state index in [9.17, 15) is 0 Å². The van der Waals surface area contributed by atoms with Crippen LogP contribution in [0.15, 0.2) is 60.7 Å². The lowest BCUT2D eigenvalue weighted by molar-refractivity contribution is 0.557. The van der Waals surface area contributed by atoms with Crippen LogP contribution in [0.4, 0.5) is 0 Å². The van der Waals surface area contributed by atoms with Gasteiger partial charge in [-0.05, 0) is 88.4 Å².